The maximum absolute atomic E-state index is 13.9. The molecule has 0 aliphatic heterocycles. The van der Waals surface area contributed by atoms with E-state index in [2.05, 4.69) is 4.72 Å². The van der Waals surface area contributed by atoms with Gasteiger partial charge in [0.1, 0.15) is 0 Å². The second kappa shape index (κ2) is 7.88. The minimum Gasteiger partial charge on any atom is -0.308 e. The SMILES string of the molecule is CC(=O)N(CCNS(=O)(=O)c1ccc(C)cc1)c1ccc(F)c(F)c1F. The molecule has 0 fully saturated rings. The van der Waals surface area contributed by atoms with Crippen LogP contribution in [0.5, 0.6) is 0 Å². The number of nitrogens with one attached hydrogen (secondary N) is 1. The van der Waals surface area contributed by atoms with Crippen molar-refractivity contribution in [3.63, 3.8) is 0 Å². The number of sulfonamides is 1. The van der Waals surface area contributed by atoms with Gasteiger partial charge in [-0.1, -0.05) is 17.7 Å². The number of hydrogen-bond acceptors (Lipinski definition) is 3. The first kappa shape index (κ1) is 19.9. The lowest BCUT2D eigenvalue weighted by Crippen LogP contribution is -2.38. The Labute approximate surface area is 149 Å². The van der Waals surface area contributed by atoms with Gasteiger partial charge in [-0.2, -0.15) is 0 Å². The molecule has 0 radical (unpaired) electrons. The molecule has 9 heteroatoms. The van der Waals surface area contributed by atoms with E-state index in [0.29, 0.717) is 6.07 Å². The summed E-state index contributed by atoms with van der Waals surface area (Å²) in [4.78, 5) is 12.6. The van der Waals surface area contributed by atoms with Crippen LogP contribution in [0, 0.1) is 24.4 Å². The second-order valence-corrected chi connectivity index (χ2v) is 7.34. The fraction of sp³-hybridized carbons (Fsp3) is 0.235. The van der Waals surface area contributed by atoms with E-state index in [9.17, 15) is 26.4 Å². The summed E-state index contributed by atoms with van der Waals surface area (Å²) in [6.07, 6.45) is 0. The third-order valence-electron chi connectivity index (χ3n) is 3.64. The van der Waals surface area contributed by atoms with Gasteiger partial charge in [0.2, 0.25) is 15.9 Å². The van der Waals surface area contributed by atoms with E-state index in [0.717, 1.165) is 23.5 Å². The van der Waals surface area contributed by atoms with E-state index in [4.69, 9.17) is 0 Å². The molecule has 1 amide bonds. The van der Waals surface area contributed by atoms with Crippen molar-refractivity contribution in [1.82, 2.24) is 4.72 Å². The average molecular weight is 386 g/mol. The predicted molar refractivity (Wildman–Crippen MR) is 90.7 cm³/mol. The van der Waals surface area contributed by atoms with Crippen LogP contribution in [-0.2, 0) is 14.8 Å². The van der Waals surface area contributed by atoms with Gasteiger partial charge in [-0.25, -0.2) is 26.3 Å². The summed E-state index contributed by atoms with van der Waals surface area (Å²) >= 11 is 0. The molecule has 2 rings (SSSR count). The Balaban J connectivity index is 2.14. The molecule has 2 aromatic rings. The highest BCUT2D eigenvalue weighted by Gasteiger charge is 2.22. The molecule has 0 heterocycles. The highest BCUT2D eigenvalue weighted by Crippen LogP contribution is 2.23. The number of aryl methyl sites for hydroxylation is 1. The molecule has 0 saturated carbocycles. The van der Waals surface area contributed by atoms with Crippen LogP contribution in [0.1, 0.15) is 12.5 Å². The molecule has 0 bridgehead atoms. The van der Waals surface area contributed by atoms with Crippen molar-refractivity contribution in [3.05, 3.63) is 59.4 Å². The number of carbonyl (C=O) groups is 1. The maximum atomic E-state index is 13.9. The van der Waals surface area contributed by atoms with Gasteiger partial charge < -0.3 is 4.90 Å². The van der Waals surface area contributed by atoms with Gasteiger partial charge in [-0.15, -0.1) is 0 Å². The number of halogens is 3. The van der Waals surface area contributed by atoms with Crippen molar-refractivity contribution >= 4 is 21.6 Å². The average Bonchev–Trinajstić information content (AvgIpc) is 2.58. The van der Waals surface area contributed by atoms with Gasteiger partial charge in [-0.05, 0) is 31.2 Å². The lowest BCUT2D eigenvalue weighted by atomic mass is 10.2. The smallest absolute Gasteiger partial charge is 0.240 e. The minimum absolute atomic E-state index is 0.0384. The van der Waals surface area contributed by atoms with Crippen molar-refractivity contribution in [2.45, 2.75) is 18.7 Å². The van der Waals surface area contributed by atoms with Crippen LogP contribution in [0.2, 0.25) is 0 Å². The van der Waals surface area contributed by atoms with Crippen LogP contribution in [-0.4, -0.2) is 27.4 Å². The number of nitrogens with zero attached hydrogens (tertiary/aromatic N) is 1. The topological polar surface area (TPSA) is 66.5 Å². The molecule has 0 unspecified atom stereocenters. The third-order valence-corrected chi connectivity index (χ3v) is 5.12. The molecular formula is C17H17F3N2O3S. The normalized spacial score (nSPS) is 11.4. The van der Waals surface area contributed by atoms with Gasteiger partial charge >= 0.3 is 0 Å². The standard InChI is InChI=1S/C17H17F3N2O3S/c1-11-3-5-13(6-4-11)26(24,25)21-9-10-22(12(2)23)15-8-7-14(18)16(19)17(15)20/h3-8,21H,9-10H2,1-2H3. The first-order chi connectivity index (χ1) is 12.1. The predicted octanol–water partition coefficient (Wildman–Crippen LogP) is 2.74. The Morgan fingerprint density at radius 3 is 2.23 bits per heavy atom. The van der Waals surface area contributed by atoms with Crippen LogP contribution in [0.25, 0.3) is 0 Å². The van der Waals surface area contributed by atoms with E-state index in [1.165, 1.54) is 12.1 Å². The van der Waals surface area contributed by atoms with Gasteiger partial charge in [0.15, 0.2) is 17.5 Å². The lowest BCUT2D eigenvalue weighted by molar-refractivity contribution is -0.116. The number of rotatable bonds is 6. The quantitative estimate of drug-likeness (QED) is 0.777. The highest BCUT2D eigenvalue weighted by molar-refractivity contribution is 7.89. The fourth-order valence-corrected chi connectivity index (χ4v) is 3.29. The van der Waals surface area contributed by atoms with Crippen LogP contribution < -0.4 is 9.62 Å². The summed E-state index contributed by atoms with van der Waals surface area (Å²) in [6.45, 7) is 2.41. The zero-order chi connectivity index (χ0) is 19.5. The molecule has 0 aliphatic carbocycles. The monoisotopic (exact) mass is 386 g/mol. The molecule has 0 aromatic heterocycles. The maximum Gasteiger partial charge on any atom is 0.240 e. The fourth-order valence-electron chi connectivity index (χ4n) is 2.26. The van der Waals surface area contributed by atoms with E-state index in [-0.39, 0.29) is 18.0 Å². The summed E-state index contributed by atoms with van der Waals surface area (Å²) in [5.41, 5.74) is 0.423. The Bertz CT molecular complexity index is 916. The van der Waals surface area contributed by atoms with Crippen molar-refractivity contribution in [2.75, 3.05) is 18.0 Å². The summed E-state index contributed by atoms with van der Waals surface area (Å²) in [6, 6.07) is 7.73. The summed E-state index contributed by atoms with van der Waals surface area (Å²) in [5.74, 6) is -5.24. The minimum atomic E-state index is -3.82. The van der Waals surface area contributed by atoms with Crippen molar-refractivity contribution < 1.29 is 26.4 Å². The number of carbonyl (C=O) groups excluding carboxylic acids is 1. The number of amides is 1. The van der Waals surface area contributed by atoms with E-state index in [1.54, 1.807) is 12.1 Å². The Hall–Kier alpha value is -2.39. The number of benzene rings is 2. The zero-order valence-electron chi connectivity index (χ0n) is 14.1. The van der Waals surface area contributed by atoms with E-state index in [1.807, 2.05) is 6.92 Å². The molecular weight excluding hydrogens is 369 g/mol. The molecule has 140 valence electrons. The Morgan fingerprint density at radius 1 is 1.04 bits per heavy atom. The molecule has 5 nitrogen and oxygen atoms in total. The van der Waals surface area contributed by atoms with Gasteiger partial charge in [-0.3, -0.25) is 4.79 Å². The van der Waals surface area contributed by atoms with Crippen LogP contribution in [0.4, 0.5) is 18.9 Å². The molecule has 26 heavy (non-hydrogen) atoms. The number of anilines is 1. The highest BCUT2D eigenvalue weighted by atomic mass is 32.2. The molecule has 0 atom stereocenters. The van der Waals surface area contributed by atoms with Crippen molar-refractivity contribution in [1.29, 1.82) is 0 Å². The molecule has 2 aromatic carbocycles. The Kier molecular flexibility index (Phi) is 6.04. The first-order valence-corrected chi connectivity index (χ1v) is 9.09. The van der Waals surface area contributed by atoms with Crippen molar-refractivity contribution in [3.8, 4) is 0 Å². The van der Waals surface area contributed by atoms with E-state index < -0.39 is 39.1 Å². The molecule has 1 N–H and O–H groups in total. The molecule has 0 aliphatic rings. The summed E-state index contributed by atoms with van der Waals surface area (Å²) in [5, 5.41) is 0. The molecule has 0 spiro atoms. The lowest BCUT2D eigenvalue weighted by Gasteiger charge is -2.22. The van der Waals surface area contributed by atoms with Crippen molar-refractivity contribution in [2.24, 2.45) is 0 Å². The summed E-state index contributed by atoms with van der Waals surface area (Å²) in [7, 11) is -3.82. The third kappa shape index (κ3) is 4.41. The zero-order valence-corrected chi connectivity index (χ0v) is 14.9. The van der Waals surface area contributed by atoms with Gasteiger partial charge in [0.05, 0.1) is 10.6 Å². The molecule has 0 saturated heterocycles. The van der Waals surface area contributed by atoms with Gasteiger partial charge in [0.25, 0.3) is 0 Å². The van der Waals surface area contributed by atoms with Crippen LogP contribution in [0.3, 0.4) is 0 Å². The largest absolute Gasteiger partial charge is 0.308 e. The van der Waals surface area contributed by atoms with Crippen LogP contribution in [0.15, 0.2) is 41.3 Å². The summed E-state index contributed by atoms with van der Waals surface area (Å²) < 4.78 is 67.0. The Morgan fingerprint density at radius 2 is 1.65 bits per heavy atom. The van der Waals surface area contributed by atoms with Crippen LogP contribution >= 0.6 is 0 Å². The first-order valence-electron chi connectivity index (χ1n) is 7.61. The number of hydrogen-bond donors (Lipinski definition) is 1. The second-order valence-electron chi connectivity index (χ2n) is 5.58. The van der Waals surface area contributed by atoms with Gasteiger partial charge in [0, 0.05) is 20.0 Å². The van der Waals surface area contributed by atoms with E-state index >= 15 is 0 Å².